The van der Waals surface area contributed by atoms with Gasteiger partial charge in [0, 0.05) is 18.0 Å². The predicted octanol–water partition coefficient (Wildman–Crippen LogP) is 3.45. The minimum absolute atomic E-state index is 0.493. The molecule has 1 aliphatic carbocycles. The molecule has 0 aromatic heterocycles. The number of piperidine rings is 1. The van der Waals surface area contributed by atoms with Gasteiger partial charge in [0.15, 0.2) is 0 Å². The Balaban J connectivity index is 1.99. The van der Waals surface area contributed by atoms with Crippen LogP contribution >= 0.6 is 0 Å². The van der Waals surface area contributed by atoms with Gasteiger partial charge in [-0.1, -0.05) is 36.8 Å². The first-order valence-electron chi connectivity index (χ1n) is 6.98. The highest BCUT2D eigenvalue weighted by atomic mass is 15.1. The van der Waals surface area contributed by atoms with Crippen LogP contribution in [0.25, 0.3) is 0 Å². The molecule has 2 aliphatic rings. The predicted molar refractivity (Wildman–Crippen MR) is 72.2 cm³/mol. The number of nitrogens with zero attached hydrogens (tertiary/aromatic N) is 1. The summed E-state index contributed by atoms with van der Waals surface area (Å²) < 4.78 is 0. The van der Waals surface area contributed by atoms with Crippen LogP contribution in [0.4, 0.5) is 0 Å². The molecule has 3 rings (SSSR count). The summed E-state index contributed by atoms with van der Waals surface area (Å²) in [5, 5.41) is 0. The van der Waals surface area contributed by atoms with Crippen molar-refractivity contribution >= 4 is 0 Å². The van der Waals surface area contributed by atoms with Gasteiger partial charge in [-0.3, -0.25) is 0 Å². The topological polar surface area (TPSA) is 3.24 Å². The molecule has 1 aromatic carbocycles. The molecule has 1 saturated heterocycles. The largest absolute Gasteiger partial charge is 0.303 e. The van der Waals surface area contributed by atoms with E-state index in [0.29, 0.717) is 5.41 Å². The third-order valence-corrected chi connectivity index (χ3v) is 5.23. The van der Waals surface area contributed by atoms with E-state index < -0.39 is 0 Å². The van der Waals surface area contributed by atoms with Crippen molar-refractivity contribution in [1.29, 1.82) is 0 Å². The van der Waals surface area contributed by atoms with Crippen LogP contribution < -0.4 is 0 Å². The summed E-state index contributed by atoms with van der Waals surface area (Å²) in [4.78, 5) is 2.55. The molecule has 0 radical (unpaired) electrons. The molecule has 3 atom stereocenters. The van der Waals surface area contributed by atoms with Crippen LogP contribution in [0.2, 0.25) is 0 Å². The zero-order chi connectivity index (χ0) is 11.9. The second-order valence-corrected chi connectivity index (χ2v) is 6.10. The molecule has 0 amide bonds. The maximum atomic E-state index is 2.55. The highest BCUT2D eigenvalue weighted by Crippen LogP contribution is 2.51. The Bertz CT molecular complexity index is 386. The molecular weight excluding hydrogens is 206 g/mol. The van der Waals surface area contributed by atoms with E-state index in [2.05, 4.69) is 49.2 Å². The maximum Gasteiger partial charge on any atom is 0.00726 e. The van der Waals surface area contributed by atoms with Gasteiger partial charge in [-0.25, -0.2) is 0 Å². The second kappa shape index (κ2) is 4.13. The minimum atomic E-state index is 0.493. The number of fused-ring (bicyclic) bond motifs is 1. The van der Waals surface area contributed by atoms with E-state index >= 15 is 0 Å². The lowest BCUT2D eigenvalue weighted by Crippen LogP contribution is -2.50. The summed E-state index contributed by atoms with van der Waals surface area (Å²) in [5.41, 5.74) is 2.09. The van der Waals surface area contributed by atoms with Crippen molar-refractivity contribution in [3.8, 4) is 0 Å². The molecule has 1 heterocycles. The number of rotatable bonds is 1. The zero-order valence-corrected chi connectivity index (χ0v) is 11.0. The average Bonchev–Trinajstić information content (AvgIpc) is 2.75. The standard InChI is InChI=1S/C16H23N/c1-13-11-16(14-7-4-3-5-8-14)10-6-9-15(16)12-17(13)2/h3-5,7-8,13,15H,6,9-12H2,1-2H3. The van der Waals surface area contributed by atoms with Crippen molar-refractivity contribution in [2.75, 3.05) is 13.6 Å². The molecule has 1 heteroatoms. The minimum Gasteiger partial charge on any atom is -0.303 e. The van der Waals surface area contributed by atoms with Gasteiger partial charge in [-0.05, 0) is 44.7 Å². The Morgan fingerprint density at radius 1 is 1.24 bits per heavy atom. The van der Waals surface area contributed by atoms with Crippen molar-refractivity contribution in [3.05, 3.63) is 35.9 Å². The lowest BCUT2D eigenvalue weighted by Gasteiger charge is -2.47. The molecule has 1 aliphatic heterocycles. The van der Waals surface area contributed by atoms with Gasteiger partial charge in [0.1, 0.15) is 0 Å². The molecule has 2 fully saturated rings. The van der Waals surface area contributed by atoms with Crippen LogP contribution in [0.15, 0.2) is 30.3 Å². The zero-order valence-electron chi connectivity index (χ0n) is 11.0. The summed E-state index contributed by atoms with van der Waals surface area (Å²) >= 11 is 0. The van der Waals surface area contributed by atoms with E-state index in [4.69, 9.17) is 0 Å². The van der Waals surface area contributed by atoms with Gasteiger partial charge in [0.05, 0.1) is 0 Å². The average molecular weight is 229 g/mol. The molecule has 1 nitrogen and oxygen atoms in total. The first kappa shape index (κ1) is 11.3. The Morgan fingerprint density at radius 2 is 2.00 bits per heavy atom. The summed E-state index contributed by atoms with van der Waals surface area (Å²) in [6, 6.07) is 12.0. The van der Waals surface area contributed by atoms with Gasteiger partial charge in [-0.2, -0.15) is 0 Å². The maximum absolute atomic E-state index is 2.55. The first-order valence-corrected chi connectivity index (χ1v) is 6.98. The van der Waals surface area contributed by atoms with Crippen LogP contribution in [-0.4, -0.2) is 24.5 Å². The van der Waals surface area contributed by atoms with Gasteiger partial charge in [-0.15, -0.1) is 0 Å². The molecule has 0 N–H and O–H groups in total. The fourth-order valence-electron chi connectivity index (χ4n) is 4.16. The van der Waals surface area contributed by atoms with Gasteiger partial charge in [0.25, 0.3) is 0 Å². The van der Waals surface area contributed by atoms with Crippen LogP contribution in [0.5, 0.6) is 0 Å². The molecule has 17 heavy (non-hydrogen) atoms. The molecule has 92 valence electrons. The third-order valence-electron chi connectivity index (χ3n) is 5.23. The Morgan fingerprint density at radius 3 is 2.76 bits per heavy atom. The number of hydrogen-bond acceptors (Lipinski definition) is 1. The number of likely N-dealkylation sites (tertiary alicyclic amines) is 1. The lowest BCUT2D eigenvalue weighted by molar-refractivity contribution is 0.0853. The first-order chi connectivity index (χ1) is 8.22. The number of benzene rings is 1. The fraction of sp³-hybridized carbons (Fsp3) is 0.625. The number of hydrogen-bond donors (Lipinski definition) is 0. The van der Waals surface area contributed by atoms with Crippen molar-refractivity contribution in [2.45, 2.75) is 44.1 Å². The van der Waals surface area contributed by atoms with E-state index in [0.717, 1.165) is 12.0 Å². The Kier molecular flexibility index (Phi) is 2.74. The summed E-state index contributed by atoms with van der Waals surface area (Å²) in [5.74, 6) is 0.881. The highest BCUT2D eigenvalue weighted by Gasteiger charge is 2.48. The third kappa shape index (κ3) is 1.72. The van der Waals surface area contributed by atoms with Crippen LogP contribution in [0, 0.1) is 5.92 Å². The van der Waals surface area contributed by atoms with Crippen LogP contribution in [0.1, 0.15) is 38.2 Å². The molecule has 1 aromatic rings. The fourth-order valence-corrected chi connectivity index (χ4v) is 4.16. The van der Waals surface area contributed by atoms with Gasteiger partial charge in [0.2, 0.25) is 0 Å². The van der Waals surface area contributed by atoms with E-state index in [1.807, 2.05) is 0 Å². The monoisotopic (exact) mass is 229 g/mol. The molecule has 0 spiro atoms. The highest BCUT2D eigenvalue weighted by molar-refractivity contribution is 5.29. The van der Waals surface area contributed by atoms with Crippen LogP contribution in [-0.2, 0) is 5.41 Å². The van der Waals surface area contributed by atoms with Gasteiger partial charge < -0.3 is 4.90 Å². The van der Waals surface area contributed by atoms with E-state index in [-0.39, 0.29) is 0 Å². The molecule has 3 unspecified atom stereocenters. The summed E-state index contributed by atoms with van der Waals surface area (Å²) in [6.07, 6.45) is 5.59. The van der Waals surface area contributed by atoms with Crippen molar-refractivity contribution in [1.82, 2.24) is 4.90 Å². The van der Waals surface area contributed by atoms with Crippen molar-refractivity contribution < 1.29 is 0 Å². The van der Waals surface area contributed by atoms with Crippen LogP contribution in [0.3, 0.4) is 0 Å². The van der Waals surface area contributed by atoms with E-state index in [9.17, 15) is 0 Å². The SMILES string of the molecule is CC1CC2(c3ccccc3)CCCC2CN1C. The molecule has 0 bridgehead atoms. The van der Waals surface area contributed by atoms with Crippen molar-refractivity contribution in [3.63, 3.8) is 0 Å². The summed E-state index contributed by atoms with van der Waals surface area (Å²) in [7, 11) is 2.29. The van der Waals surface area contributed by atoms with Crippen molar-refractivity contribution in [2.24, 2.45) is 5.92 Å². The quantitative estimate of drug-likeness (QED) is 0.713. The lowest BCUT2D eigenvalue weighted by atomic mass is 9.66. The second-order valence-electron chi connectivity index (χ2n) is 6.10. The normalized spacial score (nSPS) is 38.0. The van der Waals surface area contributed by atoms with Gasteiger partial charge >= 0.3 is 0 Å². The van der Waals surface area contributed by atoms with E-state index in [1.54, 1.807) is 5.56 Å². The Hall–Kier alpha value is -0.820. The van der Waals surface area contributed by atoms with E-state index in [1.165, 1.54) is 32.2 Å². The summed E-state index contributed by atoms with van der Waals surface area (Å²) in [6.45, 7) is 3.68. The molecular formula is C16H23N. The smallest absolute Gasteiger partial charge is 0.00726 e. The Labute approximate surface area is 105 Å². The molecule has 1 saturated carbocycles.